The Hall–Kier alpha value is -0.133. The smallest absolute Gasteiger partial charge is 0.458 e. The van der Waals surface area contributed by atoms with Gasteiger partial charge in [0.25, 0.3) is 0 Å². The molecule has 1 rings (SSSR count). The van der Waals surface area contributed by atoms with Crippen molar-refractivity contribution >= 4 is 6.09 Å². The van der Waals surface area contributed by atoms with E-state index in [9.17, 15) is 4.79 Å². The summed E-state index contributed by atoms with van der Waals surface area (Å²) in [4.78, 5) is 13.0. The number of hydrogen-bond donors (Lipinski definition) is 0. The van der Waals surface area contributed by atoms with Crippen LogP contribution in [0.25, 0.3) is 0 Å². The van der Waals surface area contributed by atoms with Crippen molar-refractivity contribution < 1.29 is 28.4 Å². The summed E-state index contributed by atoms with van der Waals surface area (Å²) in [6.07, 6.45) is 1.82. The van der Waals surface area contributed by atoms with Crippen LogP contribution >= 0.6 is 0 Å². The predicted molar refractivity (Wildman–Crippen MR) is 46.5 cm³/mol. The number of ether oxygens (including phenoxy) is 1. The van der Waals surface area contributed by atoms with Gasteiger partial charge in [-0.3, -0.25) is 0 Å². The molecule has 13 heavy (non-hydrogen) atoms. The molecule has 0 atom stereocenters. The van der Waals surface area contributed by atoms with E-state index in [1.807, 2.05) is 27.3 Å². The van der Waals surface area contributed by atoms with Gasteiger partial charge in [-0.1, -0.05) is 6.42 Å². The molecule has 1 fully saturated rings. The third-order valence-electron chi connectivity index (χ3n) is 1.58. The number of carbonyl (C=O) groups excluding carboxylic acids is 1. The summed E-state index contributed by atoms with van der Waals surface area (Å²) in [5, 5.41) is 0. The van der Waals surface area contributed by atoms with Gasteiger partial charge in [0, 0.05) is 0 Å². The molecular weight excluding hydrogens is 161 g/mol. The minimum absolute atomic E-state index is 0. The summed E-state index contributed by atoms with van der Waals surface area (Å²) in [6.45, 7) is 8.33. The second-order valence-corrected chi connectivity index (χ2v) is 4.00. The standard InChI is InChI=1S/C9H16NO2.Li/c1-9(2,3)12-8(11)10-6-4-5-7-10;/h6H,4-5,7H2,1-3H3;/q-1;+1. The molecule has 1 heterocycles. The van der Waals surface area contributed by atoms with E-state index in [0.717, 1.165) is 19.4 Å². The Kier molecular flexibility index (Phi) is 4.88. The quantitative estimate of drug-likeness (QED) is 0.357. The summed E-state index contributed by atoms with van der Waals surface area (Å²) in [6, 6.07) is 0. The SMILES string of the molecule is CC(C)(C)OC(=O)N1[CH-]CCC1.[Li+]. The Morgan fingerprint density at radius 3 is 2.46 bits per heavy atom. The number of nitrogens with zero attached hydrogens (tertiary/aromatic N) is 1. The number of likely N-dealkylation sites (tertiary alicyclic amines) is 1. The molecule has 0 radical (unpaired) electrons. The van der Waals surface area contributed by atoms with E-state index in [4.69, 9.17) is 4.74 Å². The molecule has 4 heteroatoms. The van der Waals surface area contributed by atoms with Crippen molar-refractivity contribution in [2.45, 2.75) is 39.2 Å². The first kappa shape index (κ1) is 12.9. The zero-order valence-electron chi connectivity index (χ0n) is 8.96. The van der Waals surface area contributed by atoms with Crippen molar-refractivity contribution in [3.63, 3.8) is 0 Å². The van der Waals surface area contributed by atoms with Gasteiger partial charge in [-0.05, 0) is 27.3 Å². The summed E-state index contributed by atoms with van der Waals surface area (Å²) in [5.74, 6) is 0. The van der Waals surface area contributed by atoms with Gasteiger partial charge < -0.3 is 9.64 Å². The van der Waals surface area contributed by atoms with Gasteiger partial charge in [0.15, 0.2) is 0 Å². The second-order valence-electron chi connectivity index (χ2n) is 4.00. The fraction of sp³-hybridized carbons (Fsp3) is 0.778. The first-order chi connectivity index (χ1) is 5.49. The van der Waals surface area contributed by atoms with Crippen LogP contribution < -0.4 is 18.9 Å². The van der Waals surface area contributed by atoms with E-state index in [2.05, 4.69) is 0 Å². The van der Waals surface area contributed by atoms with Gasteiger partial charge >= 0.3 is 25.0 Å². The molecule has 1 saturated heterocycles. The maximum Gasteiger partial charge on any atom is 1.00 e. The van der Waals surface area contributed by atoms with E-state index < -0.39 is 0 Å². The van der Waals surface area contributed by atoms with E-state index in [1.165, 1.54) is 0 Å². The predicted octanol–water partition coefficient (Wildman–Crippen LogP) is -0.817. The molecule has 0 saturated carbocycles. The van der Waals surface area contributed by atoms with Gasteiger partial charge in [0.2, 0.25) is 0 Å². The summed E-state index contributed by atoms with van der Waals surface area (Å²) in [7, 11) is 0. The molecule has 3 nitrogen and oxygen atoms in total. The van der Waals surface area contributed by atoms with Crippen molar-refractivity contribution in [1.82, 2.24) is 4.90 Å². The third kappa shape index (κ3) is 4.59. The van der Waals surface area contributed by atoms with Crippen LogP contribution in [0.2, 0.25) is 0 Å². The first-order valence-electron chi connectivity index (χ1n) is 4.32. The summed E-state index contributed by atoms with van der Waals surface area (Å²) >= 11 is 0. The van der Waals surface area contributed by atoms with Crippen molar-refractivity contribution in [2.75, 3.05) is 6.54 Å². The fourth-order valence-electron chi connectivity index (χ4n) is 1.09. The molecule has 1 aliphatic rings. The monoisotopic (exact) mass is 177 g/mol. The van der Waals surface area contributed by atoms with Crippen LogP contribution in [-0.4, -0.2) is 23.1 Å². The van der Waals surface area contributed by atoms with E-state index in [0.29, 0.717) is 0 Å². The Balaban J connectivity index is 0.00000144. The van der Waals surface area contributed by atoms with Crippen LogP contribution in [0.1, 0.15) is 33.6 Å². The van der Waals surface area contributed by atoms with Crippen molar-refractivity contribution in [3.8, 4) is 0 Å². The second kappa shape index (κ2) is 4.93. The van der Waals surface area contributed by atoms with Crippen LogP contribution in [0.3, 0.4) is 0 Å². The Morgan fingerprint density at radius 1 is 1.46 bits per heavy atom. The minimum atomic E-state index is -0.381. The molecule has 0 aromatic carbocycles. The van der Waals surface area contributed by atoms with Gasteiger partial charge in [0.1, 0.15) is 5.60 Å². The van der Waals surface area contributed by atoms with Gasteiger partial charge in [-0.25, -0.2) is 11.3 Å². The van der Waals surface area contributed by atoms with Crippen molar-refractivity contribution in [1.29, 1.82) is 0 Å². The Bertz CT molecular complexity index is 171. The average Bonchev–Trinajstić information content (AvgIpc) is 2.32. The number of amides is 1. The first-order valence-corrected chi connectivity index (χ1v) is 4.32. The number of hydrogen-bond acceptors (Lipinski definition) is 2. The largest absolute Gasteiger partial charge is 1.00 e. The van der Waals surface area contributed by atoms with Crippen molar-refractivity contribution in [2.24, 2.45) is 0 Å². The maximum absolute atomic E-state index is 11.3. The fourth-order valence-corrected chi connectivity index (χ4v) is 1.09. The minimum Gasteiger partial charge on any atom is -0.458 e. The molecule has 0 N–H and O–H groups in total. The van der Waals surface area contributed by atoms with Crippen LogP contribution in [0, 0.1) is 6.54 Å². The summed E-state index contributed by atoms with van der Waals surface area (Å²) in [5.41, 5.74) is -0.381. The molecular formula is C9H16LiNO2. The molecule has 70 valence electrons. The molecule has 0 aromatic heterocycles. The van der Waals surface area contributed by atoms with Crippen molar-refractivity contribution in [3.05, 3.63) is 6.54 Å². The normalized spacial score (nSPS) is 16.7. The molecule has 0 bridgehead atoms. The van der Waals surface area contributed by atoms with Crippen LogP contribution in [0.15, 0.2) is 0 Å². The Labute approximate surface area is 92.0 Å². The topological polar surface area (TPSA) is 29.5 Å². The number of carbonyl (C=O) groups is 1. The van der Waals surface area contributed by atoms with E-state index in [1.54, 1.807) is 4.90 Å². The third-order valence-corrected chi connectivity index (χ3v) is 1.58. The Morgan fingerprint density at radius 2 is 2.08 bits per heavy atom. The van der Waals surface area contributed by atoms with E-state index in [-0.39, 0.29) is 30.6 Å². The van der Waals surface area contributed by atoms with Gasteiger partial charge in [-0.2, -0.15) is 6.42 Å². The van der Waals surface area contributed by atoms with Gasteiger partial charge in [-0.15, -0.1) is 0 Å². The molecule has 0 aliphatic carbocycles. The van der Waals surface area contributed by atoms with Gasteiger partial charge in [0.05, 0.1) is 0 Å². The zero-order valence-corrected chi connectivity index (χ0v) is 8.96. The molecule has 1 aliphatic heterocycles. The van der Waals surface area contributed by atoms with Crippen LogP contribution in [-0.2, 0) is 4.74 Å². The average molecular weight is 177 g/mol. The molecule has 1 amide bonds. The molecule has 0 spiro atoms. The zero-order chi connectivity index (χ0) is 9.19. The van der Waals surface area contributed by atoms with Crippen LogP contribution in [0.5, 0.6) is 0 Å². The van der Waals surface area contributed by atoms with Crippen LogP contribution in [0.4, 0.5) is 4.79 Å². The van der Waals surface area contributed by atoms with E-state index >= 15 is 0 Å². The maximum atomic E-state index is 11.3. The molecule has 0 unspecified atom stereocenters. The number of rotatable bonds is 0. The molecule has 0 aromatic rings. The summed E-state index contributed by atoms with van der Waals surface area (Å²) < 4.78 is 5.18.